The number of hydrogen-bond acceptors (Lipinski definition) is 4. The van der Waals surface area contributed by atoms with Crippen LogP contribution in [0.1, 0.15) is 17.0 Å². The Labute approximate surface area is 116 Å². The normalized spacial score (nSPS) is 16.2. The molecule has 0 atom stereocenters. The fourth-order valence-corrected chi connectivity index (χ4v) is 2.06. The van der Waals surface area contributed by atoms with Crippen LogP contribution in [-0.4, -0.2) is 49.4 Å². The van der Waals surface area contributed by atoms with Crippen LogP contribution >= 0.6 is 11.6 Å². The van der Waals surface area contributed by atoms with Crippen LogP contribution in [0, 0.1) is 0 Å². The van der Waals surface area contributed by atoms with Crippen molar-refractivity contribution in [3.8, 4) is 0 Å². The van der Waals surface area contributed by atoms with Crippen molar-refractivity contribution in [2.24, 2.45) is 0 Å². The minimum atomic E-state index is -0.275. The summed E-state index contributed by atoms with van der Waals surface area (Å²) in [5.74, 6) is -0.00819. The van der Waals surface area contributed by atoms with E-state index in [1.54, 1.807) is 0 Å². The number of halogens is 1. The van der Waals surface area contributed by atoms with Gasteiger partial charge in [0, 0.05) is 26.2 Å². The van der Waals surface area contributed by atoms with E-state index >= 15 is 0 Å². The Bertz CT molecular complexity index is 461. The number of carbonyl (C=O) groups is 2. The number of furan rings is 1. The van der Waals surface area contributed by atoms with Crippen molar-refractivity contribution >= 4 is 23.4 Å². The number of amides is 2. The Kier molecular flexibility index (Phi) is 4.81. The molecule has 7 heteroatoms. The third-order valence-electron chi connectivity index (χ3n) is 2.85. The van der Waals surface area contributed by atoms with E-state index in [0.29, 0.717) is 19.6 Å². The zero-order valence-corrected chi connectivity index (χ0v) is 11.2. The molecule has 0 radical (unpaired) electrons. The molecule has 0 aromatic carbocycles. The number of piperazine rings is 1. The molecule has 1 aromatic heterocycles. The van der Waals surface area contributed by atoms with Gasteiger partial charge in [0.25, 0.3) is 5.91 Å². The molecule has 0 aliphatic carbocycles. The fourth-order valence-electron chi connectivity index (χ4n) is 1.91. The summed E-state index contributed by atoms with van der Waals surface area (Å²) < 4.78 is 5.00. The highest BCUT2D eigenvalue weighted by molar-refractivity contribution is 6.29. The molecule has 1 aliphatic heterocycles. The number of hydrogen-bond donors (Lipinski definition) is 2. The van der Waals surface area contributed by atoms with E-state index in [1.165, 1.54) is 12.1 Å². The van der Waals surface area contributed by atoms with E-state index < -0.39 is 0 Å². The van der Waals surface area contributed by atoms with Gasteiger partial charge in [-0.15, -0.1) is 0 Å². The summed E-state index contributed by atoms with van der Waals surface area (Å²) in [6.45, 7) is 3.30. The number of rotatable bonds is 5. The maximum absolute atomic E-state index is 11.6. The average Bonchev–Trinajstić information content (AvgIpc) is 2.81. The Morgan fingerprint density at radius 3 is 3.05 bits per heavy atom. The number of nitrogens with one attached hydrogen (secondary N) is 2. The second kappa shape index (κ2) is 6.58. The Morgan fingerprint density at radius 1 is 1.53 bits per heavy atom. The van der Waals surface area contributed by atoms with Gasteiger partial charge in [-0.1, -0.05) is 0 Å². The minimum Gasteiger partial charge on any atom is -0.440 e. The lowest BCUT2D eigenvalue weighted by molar-refractivity contribution is -0.124. The first-order valence-electron chi connectivity index (χ1n) is 6.18. The zero-order valence-electron chi connectivity index (χ0n) is 10.4. The van der Waals surface area contributed by atoms with Crippen molar-refractivity contribution < 1.29 is 14.0 Å². The molecule has 0 spiro atoms. The largest absolute Gasteiger partial charge is 0.440 e. The van der Waals surface area contributed by atoms with Crippen LogP contribution in [-0.2, 0) is 4.79 Å². The first-order chi connectivity index (χ1) is 9.15. The molecule has 0 saturated carbocycles. The summed E-state index contributed by atoms with van der Waals surface area (Å²) in [6, 6.07) is 3.06. The van der Waals surface area contributed by atoms with E-state index in [0.717, 1.165) is 19.5 Å². The van der Waals surface area contributed by atoms with Gasteiger partial charge in [0.2, 0.25) is 5.91 Å². The molecule has 1 aromatic rings. The molecule has 1 aliphatic rings. The van der Waals surface area contributed by atoms with Crippen LogP contribution < -0.4 is 10.6 Å². The summed E-state index contributed by atoms with van der Waals surface area (Å²) in [5, 5.41) is 5.71. The predicted octanol–water partition coefficient (Wildman–Crippen LogP) is 0.485. The van der Waals surface area contributed by atoms with Gasteiger partial charge in [-0.05, 0) is 30.2 Å². The lowest BCUT2D eigenvalue weighted by atomic mass is 10.3. The van der Waals surface area contributed by atoms with Gasteiger partial charge >= 0.3 is 0 Å². The van der Waals surface area contributed by atoms with Gasteiger partial charge in [0.05, 0.1) is 6.54 Å². The first kappa shape index (κ1) is 13.9. The SMILES string of the molecule is O=C1CN(CCCNC(=O)c2ccc(Cl)o2)CCN1. The van der Waals surface area contributed by atoms with E-state index in [1.807, 2.05) is 0 Å². The first-order valence-corrected chi connectivity index (χ1v) is 6.55. The molecule has 19 heavy (non-hydrogen) atoms. The lowest BCUT2D eigenvalue weighted by Gasteiger charge is -2.26. The summed E-state index contributed by atoms with van der Waals surface area (Å²) in [4.78, 5) is 24.8. The summed E-state index contributed by atoms with van der Waals surface area (Å²) in [5.41, 5.74) is 0. The highest BCUT2D eigenvalue weighted by atomic mass is 35.5. The van der Waals surface area contributed by atoms with Crippen molar-refractivity contribution in [1.82, 2.24) is 15.5 Å². The second-order valence-corrected chi connectivity index (χ2v) is 4.71. The van der Waals surface area contributed by atoms with Gasteiger partial charge in [-0.25, -0.2) is 0 Å². The number of nitrogens with zero attached hydrogens (tertiary/aromatic N) is 1. The smallest absolute Gasteiger partial charge is 0.287 e. The Morgan fingerprint density at radius 2 is 2.37 bits per heavy atom. The standard InChI is InChI=1S/C12H16ClN3O3/c13-10-3-2-9(19-10)12(18)15-4-1-6-16-7-5-14-11(17)8-16/h2-3H,1,4-8H2,(H,14,17)(H,15,18). The lowest BCUT2D eigenvalue weighted by Crippen LogP contribution is -2.48. The second-order valence-electron chi connectivity index (χ2n) is 4.34. The van der Waals surface area contributed by atoms with E-state index in [4.69, 9.17) is 16.0 Å². The molecule has 2 heterocycles. The third kappa shape index (κ3) is 4.25. The van der Waals surface area contributed by atoms with Crippen LogP contribution in [0.2, 0.25) is 5.22 Å². The summed E-state index contributed by atoms with van der Waals surface area (Å²) >= 11 is 5.59. The monoisotopic (exact) mass is 285 g/mol. The Balaban J connectivity index is 1.64. The summed E-state index contributed by atoms with van der Waals surface area (Å²) in [7, 11) is 0. The summed E-state index contributed by atoms with van der Waals surface area (Å²) in [6.07, 6.45) is 0.785. The molecule has 6 nitrogen and oxygen atoms in total. The molecule has 2 N–H and O–H groups in total. The van der Waals surface area contributed by atoms with E-state index in [-0.39, 0.29) is 22.8 Å². The van der Waals surface area contributed by atoms with E-state index in [9.17, 15) is 9.59 Å². The highest BCUT2D eigenvalue weighted by Crippen LogP contribution is 2.12. The van der Waals surface area contributed by atoms with Crippen molar-refractivity contribution in [3.63, 3.8) is 0 Å². The maximum atomic E-state index is 11.6. The molecule has 1 saturated heterocycles. The topological polar surface area (TPSA) is 74.6 Å². The molecule has 0 unspecified atom stereocenters. The average molecular weight is 286 g/mol. The van der Waals surface area contributed by atoms with Crippen LogP contribution in [0.15, 0.2) is 16.5 Å². The Hall–Kier alpha value is -1.53. The molecule has 0 bridgehead atoms. The quantitative estimate of drug-likeness (QED) is 0.772. The molecular weight excluding hydrogens is 270 g/mol. The fraction of sp³-hybridized carbons (Fsp3) is 0.500. The predicted molar refractivity (Wildman–Crippen MR) is 70.1 cm³/mol. The molecule has 2 amide bonds. The van der Waals surface area contributed by atoms with Crippen LogP contribution in [0.5, 0.6) is 0 Å². The highest BCUT2D eigenvalue weighted by Gasteiger charge is 2.15. The van der Waals surface area contributed by atoms with Crippen molar-refractivity contribution in [3.05, 3.63) is 23.1 Å². The van der Waals surface area contributed by atoms with E-state index in [2.05, 4.69) is 15.5 Å². The number of carbonyl (C=O) groups excluding carboxylic acids is 2. The molecule has 1 fully saturated rings. The maximum Gasteiger partial charge on any atom is 0.287 e. The molecule has 104 valence electrons. The van der Waals surface area contributed by atoms with Crippen LogP contribution in [0.25, 0.3) is 0 Å². The van der Waals surface area contributed by atoms with Crippen molar-refractivity contribution in [2.75, 3.05) is 32.7 Å². The minimum absolute atomic E-state index is 0.0560. The zero-order chi connectivity index (χ0) is 13.7. The molecular formula is C12H16ClN3O3. The van der Waals surface area contributed by atoms with Crippen molar-refractivity contribution in [1.29, 1.82) is 0 Å². The van der Waals surface area contributed by atoms with Crippen LogP contribution in [0.4, 0.5) is 0 Å². The van der Waals surface area contributed by atoms with Gasteiger partial charge in [0.1, 0.15) is 0 Å². The molecule has 2 rings (SSSR count). The van der Waals surface area contributed by atoms with Gasteiger partial charge in [-0.2, -0.15) is 0 Å². The van der Waals surface area contributed by atoms with Crippen molar-refractivity contribution in [2.45, 2.75) is 6.42 Å². The van der Waals surface area contributed by atoms with Gasteiger partial charge in [-0.3, -0.25) is 14.5 Å². The van der Waals surface area contributed by atoms with Gasteiger partial charge in [0.15, 0.2) is 11.0 Å². The third-order valence-corrected chi connectivity index (χ3v) is 3.05. The van der Waals surface area contributed by atoms with Crippen LogP contribution in [0.3, 0.4) is 0 Å². The van der Waals surface area contributed by atoms with Gasteiger partial charge < -0.3 is 15.1 Å².